The molecule has 0 bridgehead atoms. The molecule has 1 atom stereocenters. The van der Waals surface area contributed by atoms with Crippen molar-refractivity contribution in [3.8, 4) is 23.0 Å². The van der Waals surface area contributed by atoms with Gasteiger partial charge in [-0.3, -0.25) is 24.7 Å². The van der Waals surface area contributed by atoms with Crippen molar-refractivity contribution in [1.82, 2.24) is 24.5 Å². The van der Waals surface area contributed by atoms with Crippen LogP contribution in [0, 0.1) is 34.2 Å². The number of nitrogens with one attached hydrogen (secondary N) is 3. The average molecular weight is 1090 g/mol. The molecule has 4 aromatic carbocycles. The summed E-state index contributed by atoms with van der Waals surface area (Å²) in [5.41, 5.74) is 5.09. The van der Waals surface area contributed by atoms with Crippen LogP contribution < -0.4 is 29.1 Å². The third-order valence-electron chi connectivity index (χ3n) is 17.0. The Morgan fingerprint density at radius 1 is 0.962 bits per heavy atom. The number of carbonyl (C=O) groups is 1. The highest BCUT2D eigenvalue weighted by Crippen LogP contribution is 2.53. The number of benzene rings is 4. The molecule has 414 valence electrons. The first kappa shape index (κ1) is 54.6. The number of anilines is 2. The van der Waals surface area contributed by atoms with Gasteiger partial charge in [-0.25, -0.2) is 22.5 Å². The van der Waals surface area contributed by atoms with Crippen molar-refractivity contribution in [2.24, 2.45) is 11.3 Å². The van der Waals surface area contributed by atoms with E-state index in [1.165, 1.54) is 53.3 Å². The standard InChI is InChI=1S/C59H71FN8O9S/c1-37(2)45-9-7-8-10-46(45)52-36-65(35-40-25-38(3)55(76-6)54(26-40)75-5)23-24-67(52)42-30-59(31-42)19-21-66(22-20-59)41-11-13-47(53(27-41)77-43-28-48-49(60)34-63-56(48)62-33-43)57(69)64-78(73,74)44-12-14-50(51(29-44)68(71)72)61-32-39-15-17-58(4,70)18-16-39/h7-14,25-29,33-34,37,39,42,52,61,70H,15-24,30-32,35-36H2,1-6H3,(H,62,63)(H,64,69)/t39-,52-,58-/m0/s1. The van der Waals surface area contributed by atoms with E-state index in [-0.39, 0.29) is 45.5 Å². The molecule has 2 aromatic heterocycles. The molecule has 10 rings (SSSR count). The van der Waals surface area contributed by atoms with Gasteiger partial charge < -0.3 is 34.5 Å². The predicted molar refractivity (Wildman–Crippen MR) is 298 cm³/mol. The molecular formula is C59H71FN8O9S. The van der Waals surface area contributed by atoms with Gasteiger partial charge in [0.15, 0.2) is 11.5 Å². The normalized spacial score (nSPS) is 21.1. The summed E-state index contributed by atoms with van der Waals surface area (Å²) >= 11 is 0. The number of aromatic amines is 1. The summed E-state index contributed by atoms with van der Waals surface area (Å²) in [5.74, 6) is 0.634. The Bertz CT molecular complexity index is 3310. The molecule has 2 saturated heterocycles. The average Bonchev–Trinajstić information content (AvgIpc) is 3.85. The summed E-state index contributed by atoms with van der Waals surface area (Å²) in [4.78, 5) is 39.9. The molecule has 2 aliphatic heterocycles. The maximum atomic E-state index is 14.8. The third kappa shape index (κ3) is 11.5. The fourth-order valence-electron chi connectivity index (χ4n) is 12.5. The number of fused-ring (bicyclic) bond motifs is 1. The van der Waals surface area contributed by atoms with Gasteiger partial charge in [0, 0.05) is 81.9 Å². The van der Waals surface area contributed by atoms with Crippen molar-refractivity contribution < 1.29 is 41.8 Å². The summed E-state index contributed by atoms with van der Waals surface area (Å²) < 4.78 is 62.3. The molecule has 4 heterocycles. The van der Waals surface area contributed by atoms with Crippen LogP contribution >= 0.6 is 0 Å². The van der Waals surface area contributed by atoms with E-state index in [9.17, 15) is 32.8 Å². The molecule has 2 aliphatic carbocycles. The number of H-pyrrole nitrogens is 1. The van der Waals surface area contributed by atoms with E-state index in [2.05, 4.69) is 91.9 Å². The second-order valence-electron chi connectivity index (χ2n) is 22.6. The minimum absolute atomic E-state index is 0.0177. The van der Waals surface area contributed by atoms with Crippen molar-refractivity contribution in [2.75, 3.05) is 63.7 Å². The monoisotopic (exact) mass is 1090 g/mol. The highest BCUT2D eigenvalue weighted by atomic mass is 32.2. The zero-order valence-electron chi connectivity index (χ0n) is 45.3. The summed E-state index contributed by atoms with van der Waals surface area (Å²) in [5, 5.41) is 25.9. The van der Waals surface area contributed by atoms with E-state index in [0.29, 0.717) is 37.0 Å². The number of hydrogen-bond acceptors (Lipinski definition) is 14. The van der Waals surface area contributed by atoms with Gasteiger partial charge in [-0.05, 0) is 141 Å². The molecular weight excluding hydrogens is 1020 g/mol. The molecule has 6 aromatic rings. The number of pyridine rings is 1. The Labute approximate surface area is 455 Å². The van der Waals surface area contributed by atoms with E-state index in [1.54, 1.807) is 33.3 Å². The number of aliphatic hydroxyl groups is 1. The van der Waals surface area contributed by atoms with E-state index in [0.717, 1.165) is 107 Å². The Morgan fingerprint density at radius 3 is 2.44 bits per heavy atom. The number of nitro benzene ring substituents is 1. The number of aryl methyl sites for hydroxylation is 1. The highest BCUT2D eigenvalue weighted by Gasteiger charge is 2.50. The zero-order valence-corrected chi connectivity index (χ0v) is 46.1. The van der Waals surface area contributed by atoms with Gasteiger partial charge >= 0.3 is 0 Å². The number of carbonyl (C=O) groups excluding carboxylic acids is 1. The van der Waals surface area contributed by atoms with Crippen molar-refractivity contribution in [2.45, 2.75) is 114 Å². The first-order chi connectivity index (χ1) is 37.3. The fraction of sp³-hybridized carbons (Fsp3) is 0.458. The predicted octanol–water partition coefficient (Wildman–Crippen LogP) is 10.6. The van der Waals surface area contributed by atoms with Crippen LogP contribution in [0.1, 0.15) is 117 Å². The van der Waals surface area contributed by atoms with E-state index in [4.69, 9.17) is 14.2 Å². The molecule has 4 aliphatic rings. The van der Waals surface area contributed by atoms with Gasteiger partial charge in [-0.1, -0.05) is 44.2 Å². The second kappa shape index (κ2) is 22.1. The summed E-state index contributed by atoms with van der Waals surface area (Å²) in [6, 6.07) is 23.8. The number of amides is 1. The number of methoxy groups -OCH3 is 2. The van der Waals surface area contributed by atoms with Crippen molar-refractivity contribution in [3.05, 3.63) is 135 Å². The Balaban J connectivity index is 0.840. The van der Waals surface area contributed by atoms with Gasteiger partial charge in [0.1, 0.15) is 28.7 Å². The lowest BCUT2D eigenvalue weighted by Crippen LogP contribution is -2.60. The van der Waals surface area contributed by atoms with Crippen LogP contribution in [0.4, 0.5) is 21.5 Å². The van der Waals surface area contributed by atoms with Crippen molar-refractivity contribution in [1.29, 1.82) is 0 Å². The Kier molecular flexibility index (Phi) is 15.5. The molecule has 1 spiro atoms. The molecule has 1 amide bonds. The lowest BCUT2D eigenvalue weighted by Gasteiger charge is -2.58. The third-order valence-corrected chi connectivity index (χ3v) is 18.3. The molecule has 2 saturated carbocycles. The number of piperazine rings is 1. The number of hydrogen-bond donors (Lipinski definition) is 4. The zero-order chi connectivity index (χ0) is 55.1. The number of nitro groups is 1. The SMILES string of the molecule is COc1cc(CN2CCN(C3CC4(CCN(c5ccc(C(=O)NS(=O)(=O)c6ccc(NC[C@H]7CC[C@](C)(O)CC7)c([N+](=O)[O-])c6)c(Oc6cnc7[nH]cc(F)c7c6)c5)CC4)C3)[C@H](c3ccccc3C(C)C)C2)cc(C)c1OC. The number of sulfonamides is 1. The largest absolute Gasteiger partial charge is 0.493 e. The number of ether oxygens (including phenoxy) is 3. The van der Waals surface area contributed by atoms with Crippen LogP contribution in [0.5, 0.6) is 23.0 Å². The molecule has 17 nitrogen and oxygen atoms in total. The second-order valence-corrected chi connectivity index (χ2v) is 24.3. The van der Waals surface area contributed by atoms with E-state index in [1.807, 2.05) is 0 Å². The van der Waals surface area contributed by atoms with Gasteiger partial charge in [0.05, 0.1) is 46.8 Å². The van der Waals surface area contributed by atoms with Crippen LogP contribution in [-0.2, 0) is 16.6 Å². The lowest BCUT2D eigenvalue weighted by atomic mass is 9.59. The summed E-state index contributed by atoms with van der Waals surface area (Å²) in [6.07, 6.45) is 9.40. The molecule has 78 heavy (non-hydrogen) atoms. The quantitative estimate of drug-likeness (QED) is 0.0496. The number of aromatic nitrogens is 2. The van der Waals surface area contributed by atoms with E-state index >= 15 is 0 Å². The highest BCUT2D eigenvalue weighted by molar-refractivity contribution is 7.90. The maximum Gasteiger partial charge on any atom is 0.293 e. The molecule has 0 radical (unpaired) electrons. The number of rotatable bonds is 17. The summed E-state index contributed by atoms with van der Waals surface area (Å²) in [7, 11) is -1.29. The molecule has 4 fully saturated rings. The maximum absolute atomic E-state index is 14.8. The van der Waals surface area contributed by atoms with Crippen LogP contribution in [0.15, 0.2) is 96.2 Å². The molecule has 19 heteroatoms. The lowest BCUT2D eigenvalue weighted by molar-refractivity contribution is -0.384. The smallest absolute Gasteiger partial charge is 0.293 e. The first-order valence-corrected chi connectivity index (χ1v) is 28.6. The van der Waals surface area contributed by atoms with Crippen LogP contribution in [-0.4, -0.2) is 109 Å². The number of halogens is 1. The van der Waals surface area contributed by atoms with Crippen molar-refractivity contribution in [3.63, 3.8) is 0 Å². The minimum atomic E-state index is -4.65. The Morgan fingerprint density at radius 2 is 1.72 bits per heavy atom. The molecule has 4 N–H and O–H groups in total. The summed E-state index contributed by atoms with van der Waals surface area (Å²) in [6.45, 7) is 13.9. The van der Waals surface area contributed by atoms with Gasteiger partial charge in [0.25, 0.3) is 21.6 Å². The van der Waals surface area contributed by atoms with E-state index < -0.39 is 42.9 Å². The van der Waals surface area contributed by atoms with Crippen LogP contribution in [0.3, 0.4) is 0 Å². The number of piperidine rings is 1. The van der Waals surface area contributed by atoms with Crippen LogP contribution in [0.25, 0.3) is 11.0 Å². The van der Waals surface area contributed by atoms with Gasteiger partial charge in [-0.15, -0.1) is 0 Å². The minimum Gasteiger partial charge on any atom is -0.493 e. The van der Waals surface area contributed by atoms with Crippen LogP contribution in [0.2, 0.25) is 0 Å². The fourth-order valence-corrected chi connectivity index (χ4v) is 13.5. The first-order valence-electron chi connectivity index (χ1n) is 27.1. The topological polar surface area (TPSA) is 205 Å². The number of nitrogens with zero attached hydrogens (tertiary/aromatic N) is 5. The molecule has 0 unspecified atom stereocenters. The Hall–Kier alpha value is -6.80. The van der Waals surface area contributed by atoms with Gasteiger partial charge in [0.2, 0.25) is 0 Å². The van der Waals surface area contributed by atoms with Gasteiger partial charge in [-0.2, -0.15) is 0 Å². The van der Waals surface area contributed by atoms with Crippen molar-refractivity contribution >= 4 is 44.0 Å².